The van der Waals surface area contributed by atoms with E-state index in [4.69, 9.17) is 9.47 Å². The zero-order chi connectivity index (χ0) is 12.4. The monoisotopic (exact) mass is 239 g/mol. The average molecular weight is 239 g/mol. The minimum atomic E-state index is -0.662. The molecule has 0 saturated carbocycles. The number of fused-ring (bicyclic) bond motifs is 1. The normalized spacial score (nSPS) is 13.0. The molecule has 1 aliphatic heterocycles. The van der Waals surface area contributed by atoms with Gasteiger partial charge < -0.3 is 14.2 Å². The first-order valence-corrected chi connectivity index (χ1v) is 4.80. The highest BCUT2D eigenvalue weighted by Gasteiger charge is 2.27. The Morgan fingerprint density at radius 1 is 1.41 bits per heavy atom. The minimum Gasteiger partial charge on any atom is -0.486 e. The number of hydrogen-bond donors (Lipinski definition) is 0. The van der Waals surface area contributed by atoms with Crippen LogP contribution in [0.15, 0.2) is 12.1 Å². The molecule has 0 aromatic heterocycles. The highest BCUT2D eigenvalue weighted by Crippen LogP contribution is 2.40. The van der Waals surface area contributed by atoms with E-state index >= 15 is 0 Å². The molecule has 0 amide bonds. The predicted octanol–water partition coefficient (Wildman–Crippen LogP) is 1.15. The molecule has 2 rings (SSSR count). The molecule has 0 N–H and O–H groups in total. The van der Waals surface area contributed by atoms with E-state index < -0.39 is 10.9 Å². The number of rotatable bonds is 2. The summed E-state index contributed by atoms with van der Waals surface area (Å²) in [4.78, 5) is 21.6. The lowest BCUT2D eigenvalue weighted by Gasteiger charge is -2.18. The number of ether oxygens (including phenoxy) is 3. The van der Waals surface area contributed by atoms with Gasteiger partial charge in [0, 0.05) is 6.07 Å². The number of benzene rings is 1. The van der Waals surface area contributed by atoms with Crippen molar-refractivity contribution in [3.8, 4) is 11.5 Å². The molecular formula is C10H9NO6. The second-order valence-corrected chi connectivity index (χ2v) is 3.27. The molecule has 0 radical (unpaired) electrons. The van der Waals surface area contributed by atoms with Crippen molar-refractivity contribution < 1.29 is 23.9 Å². The van der Waals surface area contributed by atoms with Crippen molar-refractivity contribution in [2.75, 3.05) is 20.3 Å². The van der Waals surface area contributed by atoms with Crippen LogP contribution in [-0.2, 0) is 4.74 Å². The molecule has 90 valence electrons. The van der Waals surface area contributed by atoms with E-state index in [2.05, 4.69) is 4.74 Å². The number of esters is 1. The molecule has 0 unspecified atom stereocenters. The van der Waals surface area contributed by atoms with Crippen LogP contribution in [0.5, 0.6) is 11.5 Å². The summed E-state index contributed by atoms with van der Waals surface area (Å²) in [5.74, 6) is -0.426. The van der Waals surface area contributed by atoms with Crippen LogP contribution in [0.3, 0.4) is 0 Å². The van der Waals surface area contributed by atoms with Crippen molar-refractivity contribution in [3.05, 3.63) is 27.8 Å². The van der Waals surface area contributed by atoms with Crippen molar-refractivity contribution in [2.24, 2.45) is 0 Å². The van der Waals surface area contributed by atoms with Gasteiger partial charge in [-0.1, -0.05) is 0 Å². The average Bonchev–Trinajstić information content (AvgIpc) is 2.36. The lowest BCUT2D eigenvalue weighted by atomic mass is 10.1. The topological polar surface area (TPSA) is 87.9 Å². The first-order valence-electron chi connectivity index (χ1n) is 4.80. The summed E-state index contributed by atoms with van der Waals surface area (Å²) >= 11 is 0. The summed E-state index contributed by atoms with van der Waals surface area (Å²) in [5, 5.41) is 10.9. The summed E-state index contributed by atoms with van der Waals surface area (Å²) in [6.07, 6.45) is 0. The van der Waals surface area contributed by atoms with Gasteiger partial charge in [-0.2, -0.15) is 0 Å². The zero-order valence-corrected chi connectivity index (χ0v) is 8.97. The SMILES string of the molecule is COC(=O)c1cc2c(c([N+](=O)[O-])c1)OCCO2. The summed E-state index contributed by atoms with van der Waals surface area (Å²) < 4.78 is 14.9. The van der Waals surface area contributed by atoms with Gasteiger partial charge in [0.05, 0.1) is 17.6 Å². The van der Waals surface area contributed by atoms with E-state index in [9.17, 15) is 14.9 Å². The molecule has 1 aromatic carbocycles. The highest BCUT2D eigenvalue weighted by atomic mass is 16.6. The third kappa shape index (κ3) is 1.99. The Kier molecular flexibility index (Phi) is 2.82. The maximum Gasteiger partial charge on any atom is 0.338 e. The number of nitro groups is 1. The Labute approximate surface area is 96.0 Å². The number of carbonyl (C=O) groups excluding carboxylic acids is 1. The van der Waals surface area contributed by atoms with Gasteiger partial charge in [0.1, 0.15) is 13.2 Å². The van der Waals surface area contributed by atoms with Crippen LogP contribution >= 0.6 is 0 Å². The second kappa shape index (κ2) is 4.28. The Morgan fingerprint density at radius 3 is 2.76 bits per heavy atom. The predicted molar refractivity (Wildman–Crippen MR) is 55.4 cm³/mol. The molecule has 1 aromatic rings. The summed E-state index contributed by atoms with van der Waals surface area (Å²) in [6.45, 7) is 0.528. The van der Waals surface area contributed by atoms with Gasteiger partial charge in [-0.3, -0.25) is 10.1 Å². The van der Waals surface area contributed by atoms with Crippen molar-refractivity contribution in [3.63, 3.8) is 0 Å². The molecule has 0 fully saturated rings. The molecule has 0 aliphatic carbocycles. The van der Waals surface area contributed by atoms with Gasteiger partial charge in [0.2, 0.25) is 5.75 Å². The molecule has 0 bridgehead atoms. The molecule has 1 aliphatic rings. The molecule has 0 spiro atoms. The molecule has 0 saturated heterocycles. The fourth-order valence-electron chi connectivity index (χ4n) is 1.51. The van der Waals surface area contributed by atoms with E-state index in [0.29, 0.717) is 0 Å². The smallest absolute Gasteiger partial charge is 0.338 e. The Morgan fingerprint density at radius 2 is 2.12 bits per heavy atom. The fraction of sp³-hybridized carbons (Fsp3) is 0.300. The van der Waals surface area contributed by atoms with Crippen LogP contribution in [0.25, 0.3) is 0 Å². The van der Waals surface area contributed by atoms with Gasteiger partial charge in [-0.15, -0.1) is 0 Å². The van der Waals surface area contributed by atoms with Gasteiger partial charge in [0.15, 0.2) is 5.75 Å². The minimum absolute atomic E-state index is 0.0499. The fourth-order valence-corrected chi connectivity index (χ4v) is 1.51. The van der Waals surface area contributed by atoms with Crippen molar-refractivity contribution >= 4 is 11.7 Å². The zero-order valence-electron chi connectivity index (χ0n) is 8.97. The Hall–Kier alpha value is -2.31. The van der Waals surface area contributed by atoms with Crippen molar-refractivity contribution in [1.82, 2.24) is 0 Å². The lowest BCUT2D eigenvalue weighted by Crippen LogP contribution is -2.17. The number of nitrogens with zero attached hydrogens (tertiary/aromatic N) is 1. The third-order valence-corrected chi connectivity index (χ3v) is 2.24. The van der Waals surface area contributed by atoms with Gasteiger partial charge in [-0.05, 0) is 6.07 Å². The first-order chi connectivity index (χ1) is 8.13. The third-order valence-electron chi connectivity index (χ3n) is 2.24. The molecule has 0 atom stereocenters. The van der Waals surface area contributed by atoms with Gasteiger partial charge >= 0.3 is 11.7 Å². The lowest BCUT2D eigenvalue weighted by molar-refractivity contribution is -0.386. The van der Waals surface area contributed by atoms with Crippen LogP contribution in [0, 0.1) is 10.1 Å². The quantitative estimate of drug-likeness (QED) is 0.437. The van der Waals surface area contributed by atoms with Crippen LogP contribution in [-0.4, -0.2) is 31.2 Å². The van der Waals surface area contributed by atoms with Gasteiger partial charge in [0.25, 0.3) is 0 Å². The summed E-state index contributed by atoms with van der Waals surface area (Å²) in [7, 11) is 1.20. The van der Waals surface area contributed by atoms with E-state index in [1.54, 1.807) is 0 Å². The van der Waals surface area contributed by atoms with Crippen LogP contribution in [0.1, 0.15) is 10.4 Å². The van der Waals surface area contributed by atoms with Crippen molar-refractivity contribution in [1.29, 1.82) is 0 Å². The van der Waals surface area contributed by atoms with E-state index in [1.165, 1.54) is 13.2 Å². The first kappa shape index (κ1) is 11.2. The Bertz CT molecular complexity index is 484. The number of carbonyl (C=O) groups is 1. The molecule has 7 nitrogen and oxygen atoms in total. The maximum absolute atomic E-state index is 11.3. The van der Waals surface area contributed by atoms with Gasteiger partial charge in [-0.25, -0.2) is 4.79 Å². The molecule has 17 heavy (non-hydrogen) atoms. The van der Waals surface area contributed by atoms with Crippen LogP contribution in [0.4, 0.5) is 5.69 Å². The number of hydrogen-bond acceptors (Lipinski definition) is 6. The standard InChI is InChI=1S/C10H9NO6/c1-15-10(12)6-4-7(11(13)14)9-8(5-6)16-2-3-17-9/h4-5H,2-3H2,1H3. The van der Waals surface area contributed by atoms with Crippen LogP contribution < -0.4 is 9.47 Å². The number of nitro benzene ring substituents is 1. The largest absolute Gasteiger partial charge is 0.486 e. The summed E-state index contributed by atoms with van der Waals surface area (Å²) in [5.41, 5.74) is -0.244. The maximum atomic E-state index is 11.3. The second-order valence-electron chi connectivity index (χ2n) is 3.27. The van der Waals surface area contributed by atoms with Crippen molar-refractivity contribution in [2.45, 2.75) is 0 Å². The van der Waals surface area contributed by atoms with E-state index in [0.717, 1.165) is 6.07 Å². The number of methoxy groups -OCH3 is 1. The molecule has 7 heteroatoms. The molecule has 1 heterocycles. The summed E-state index contributed by atoms with van der Waals surface area (Å²) in [6, 6.07) is 2.48. The van der Waals surface area contributed by atoms with Crippen LogP contribution in [0.2, 0.25) is 0 Å². The highest BCUT2D eigenvalue weighted by molar-refractivity contribution is 5.91. The molecular weight excluding hydrogens is 230 g/mol. The van der Waals surface area contributed by atoms with E-state index in [-0.39, 0.29) is 36.0 Å². The van der Waals surface area contributed by atoms with E-state index in [1.807, 2.05) is 0 Å². The Balaban J connectivity index is 2.56.